The van der Waals surface area contributed by atoms with Gasteiger partial charge in [0.1, 0.15) is 10.7 Å². The zero-order valence-corrected chi connectivity index (χ0v) is 16.4. The normalized spacial score (nSPS) is 16.2. The molecule has 1 amide bonds. The molecule has 1 aromatic heterocycles. The number of amides is 1. The van der Waals surface area contributed by atoms with Gasteiger partial charge >= 0.3 is 0 Å². The molecule has 2 aromatic rings. The van der Waals surface area contributed by atoms with Crippen LogP contribution in [-0.4, -0.2) is 47.8 Å². The number of aryl methyl sites for hydroxylation is 1. The Morgan fingerprint density at radius 3 is 2.64 bits per heavy atom. The SMILES string of the molecule is O=C(NCCCCn1ccnc1)C1CCN(S(=O)(=O)c2ccccc2F)CC1. The summed E-state index contributed by atoms with van der Waals surface area (Å²) in [6.07, 6.45) is 8.09. The van der Waals surface area contributed by atoms with E-state index >= 15 is 0 Å². The monoisotopic (exact) mass is 408 g/mol. The molecule has 7 nitrogen and oxygen atoms in total. The highest BCUT2D eigenvalue weighted by atomic mass is 32.2. The summed E-state index contributed by atoms with van der Waals surface area (Å²) in [7, 11) is -3.87. The fraction of sp³-hybridized carbons (Fsp3) is 0.474. The van der Waals surface area contributed by atoms with Gasteiger partial charge in [0.05, 0.1) is 6.33 Å². The van der Waals surface area contributed by atoms with E-state index in [-0.39, 0.29) is 29.8 Å². The van der Waals surface area contributed by atoms with Gasteiger partial charge in [-0.25, -0.2) is 17.8 Å². The van der Waals surface area contributed by atoms with Crippen LogP contribution in [0.3, 0.4) is 0 Å². The van der Waals surface area contributed by atoms with Gasteiger partial charge < -0.3 is 9.88 Å². The number of nitrogens with one attached hydrogen (secondary N) is 1. The van der Waals surface area contributed by atoms with Crippen LogP contribution in [0.15, 0.2) is 47.9 Å². The number of carbonyl (C=O) groups excluding carboxylic acids is 1. The lowest BCUT2D eigenvalue weighted by Gasteiger charge is -2.30. The van der Waals surface area contributed by atoms with Crippen molar-refractivity contribution in [3.05, 3.63) is 48.8 Å². The third-order valence-corrected chi connectivity index (χ3v) is 6.91. The van der Waals surface area contributed by atoms with E-state index in [1.165, 1.54) is 22.5 Å². The minimum atomic E-state index is -3.87. The molecule has 1 fully saturated rings. The summed E-state index contributed by atoms with van der Waals surface area (Å²) in [6, 6.07) is 5.37. The Morgan fingerprint density at radius 2 is 1.96 bits per heavy atom. The van der Waals surface area contributed by atoms with Crippen molar-refractivity contribution in [3.63, 3.8) is 0 Å². The fourth-order valence-electron chi connectivity index (χ4n) is 3.35. The van der Waals surface area contributed by atoms with Crippen LogP contribution in [0.4, 0.5) is 4.39 Å². The summed E-state index contributed by atoms with van der Waals surface area (Å²) in [6.45, 7) is 1.90. The second-order valence-corrected chi connectivity index (χ2v) is 8.81. The van der Waals surface area contributed by atoms with E-state index in [1.807, 2.05) is 10.8 Å². The number of hydrogen-bond donors (Lipinski definition) is 1. The summed E-state index contributed by atoms with van der Waals surface area (Å²) < 4.78 is 42.3. The number of sulfonamides is 1. The predicted molar refractivity (Wildman–Crippen MR) is 102 cm³/mol. The lowest BCUT2D eigenvalue weighted by Crippen LogP contribution is -2.43. The van der Waals surface area contributed by atoms with Crippen molar-refractivity contribution in [2.24, 2.45) is 5.92 Å². The third-order valence-electron chi connectivity index (χ3n) is 4.98. The molecule has 0 aliphatic carbocycles. The first kappa shape index (κ1) is 20.5. The van der Waals surface area contributed by atoms with Gasteiger partial charge in [-0.15, -0.1) is 0 Å². The quantitative estimate of drug-likeness (QED) is 0.678. The van der Waals surface area contributed by atoms with E-state index in [4.69, 9.17) is 0 Å². The third kappa shape index (κ3) is 4.96. The summed E-state index contributed by atoms with van der Waals surface area (Å²) >= 11 is 0. The summed E-state index contributed by atoms with van der Waals surface area (Å²) in [5, 5.41) is 2.94. The Morgan fingerprint density at radius 1 is 1.21 bits per heavy atom. The first-order valence-corrected chi connectivity index (χ1v) is 10.9. The molecular weight excluding hydrogens is 383 g/mol. The Kier molecular flexibility index (Phi) is 6.79. The molecule has 0 saturated carbocycles. The Bertz CT molecular complexity index is 878. The van der Waals surface area contributed by atoms with Crippen LogP contribution in [0.1, 0.15) is 25.7 Å². The number of halogens is 1. The molecule has 9 heteroatoms. The number of imidazole rings is 1. The summed E-state index contributed by atoms with van der Waals surface area (Å²) in [5.41, 5.74) is 0. The molecule has 0 radical (unpaired) electrons. The van der Waals surface area contributed by atoms with Crippen molar-refractivity contribution >= 4 is 15.9 Å². The fourth-order valence-corrected chi connectivity index (χ4v) is 4.88. The maximum Gasteiger partial charge on any atom is 0.245 e. The molecule has 2 heterocycles. The molecule has 3 rings (SSSR count). The van der Waals surface area contributed by atoms with E-state index < -0.39 is 15.8 Å². The van der Waals surface area contributed by atoms with Gasteiger partial charge in [0, 0.05) is 44.5 Å². The largest absolute Gasteiger partial charge is 0.356 e. The van der Waals surface area contributed by atoms with Gasteiger partial charge in [0.25, 0.3) is 0 Å². The molecule has 1 aliphatic rings. The van der Waals surface area contributed by atoms with Crippen molar-refractivity contribution in [3.8, 4) is 0 Å². The maximum absolute atomic E-state index is 13.9. The number of aromatic nitrogens is 2. The zero-order chi connectivity index (χ0) is 20.0. The van der Waals surface area contributed by atoms with Crippen molar-refractivity contribution in [2.45, 2.75) is 37.1 Å². The molecule has 152 valence electrons. The van der Waals surface area contributed by atoms with Crippen molar-refractivity contribution in [2.75, 3.05) is 19.6 Å². The molecule has 0 spiro atoms. The van der Waals surface area contributed by atoms with Crippen LogP contribution in [0.2, 0.25) is 0 Å². The number of carbonyl (C=O) groups is 1. The van der Waals surface area contributed by atoms with Crippen LogP contribution in [0.25, 0.3) is 0 Å². The van der Waals surface area contributed by atoms with E-state index in [2.05, 4.69) is 10.3 Å². The first-order valence-electron chi connectivity index (χ1n) is 9.46. The van der Waals surface area contributed by atoms with Crippen LogP contribution in [-0.2, 0) is 21.4 Å². The lowest BCUT2D eigenvalue weighted by atomic mass is 9.97. The molecule has 1 aromatic carbocycles. The highest BCUT2D eigenvalue weighted by molar-refractivity contribution is 7.89. The van der Waals surface area contributed by atoms with Gasteiger partial charge in [0.15, 0.2) is 0 Å². The van der Waals surface area contributed by atoms with Crippen LogP contribution < -0.4 is 5.32 Å². The average Bonchev–Trinajstić information content (AvgIpc) is 3.21. The van der Waals surface area contributed by atoms with E-state index in [0.29, 0.717) is 19.4 Å². The topological polar surface area (TPSA) is 84.3 Å². The zero-order valence-electron chi connectivity index (χ0n) is 15.6. The molecule has 0 bridgehead atoms. The maximum atomic E-state index is 13.9. The molecule has 0 atom stereocenters. The Hall–Kier alpha value is -2.26. The van der Waals surface area contributed by atoms with Crippen LogP contribution >= 0.6 is 0 Å². The van der Waals surface area contributed by atoms with Crippen molar-refractivity contribution in [1.29, 1.82) is 0 Å². The molecule has 0 unspecified atom stereocenters. The first-order chi connectivity index (χ1) is 13.5. The van der Waals surface area contributed by atoms with Crippen LogP contribution in [0.5, 0.6) is 0 Å². The number of unbranched alkanes of at least 4 members (excludes halogenated alkanes) is 1. The van der Waals surface area contributed by atoms with Crippen molar-refractivity contribution < 1.29 is 17.6 Å². The standard InChI is InChI=1S/C19H25FN4O3S/c20-17-5-1-2-6-18(17)28(26,27)24-12-7-16(8-13-24)19(25)22-9-3-4-11-23-14-10-21-15-23/h1-2,5-6,10,14-16H,3-4,7-9,11-13H2,(H,22,25). The number of nitrogens with zero attached hydrogens (tertiary/aromatic N) is 3. The molecular formula is C19H25FN4O3S. The molecule has 1 N–H and O–H groups in total. The molecule has 28 heavy (non-hydrogen) atoms. The molecule has 1 aliphatic heterocycles. The number of hydrogen-bond acceptors (Lipinski definition) is 4. The lowest BCUT2D eigenvalue weighted by molar-refractivity contribution is -0.126. The second kappa shape index (κ2) is 9.29. The highest BCUT2D eigenvalue weighted by Crippen LogP contribution is 2.25. The molecule has 1 saturated heterocycles. The summed E-state index contributed by atoms with van der Waals surface area (Å²) in [4.78, 5) is 16.0. The van der Waals surface area contributed by atoms with Gasteiger partial charge in [-0.1, -0.05) is 12.1 Å². The number of benzene rings is 1. The van der Waals surface area contributed by atoms with E-state index in [9.17, 15) is 17.6 Å². The van der Waals surface area contributed by atoms with Gasteiger partial charge in [-0.2, -0.15) is 4.31 Å². The smallest absolute Gasteiger partial charge is 0.245 e. The van der Waals surface area contributed by atoms with Gasteiger partial charge in [-0.05, 0) is 37.8 Å². The van der Waals surface area contributed by atoms with E-state index in [0.717, 1.165) is 25.5 Å². The minimum absolute atomic E-state index is 0.0365. The highest BCUT2D eigenvalue weighted by Gasteiger charge is 2.33. The second-order valence-electron chi connectivity index (χ2n) is 6.91. The van der Waals surface area contributed by atoms with Gasteiger partial charge in [0.2, 0.25) is 15.9 Å². The van der Waals surface area contributed by atoms with Gasteiger partial charge in [-0.3, -0.25) is 4.79 Å². The average molecular weight is 408 g/mol. The van der Waals surface area contributed by atoms with Crippen LogP contribution in [0, 0.1) is 11.7 Å². The number of piperidine rings is 1. The van der Waals surface area contributed by atoms with E-state index in [1.54, 1.807) is 12.5 Å². The Balaban J connectivity index is 1.42. The number of rotatable bonds is 8. The van der Waals surface area contributed by atoms with Crippen molar-refractivity contribution in [1.82, 2.24) is 19.2 Å². The predicted octanol–water partition coefficient (Wildman–Crippen LogP) is 2.02. The summed E-state index contributed by atoms with van der Waals surface area (Å²) in [5.74, 6) is -0.996. The minimum Gasteiger partial charge on any atom is -0.356 e. The Labute approximate surface area is 164 Å².